The Balaban J connectivity index is 1.59. The first-order valence-electron chi connectivity index (χ1n) is 7.28. The van der Waals surface area contributed by atoms with E-state index in [1.807, 2.05) is 48.5 Å². The summed E-state index contributed by atoms with van der Waals surface area (Å²) >= 11 is 9.32. The lowest BCUT2D eigenvalue weighted by atomic mass is 10.1. The van der Waals surface area contributed by atoms with Gasteiger partial charge < -0.3 is 15.4 Å². The zero-order chi connectivity index (χ0) is 16.5. The molecule has 23 heavy (non-hydrogen) atoms. The first-order chi connectivity index (χ1) is 11.1. The van der Waals surface area contributed by atoms with Gasteiger partial charge in [0, 0.05) is 11.6 Å². The van der Waals surface area contributed by atoms with Gasteiger partial charge in [-0.25, -0.2) is 4.79 Å². The highest BCUT2D eigenvalue weighted by atomic mass is 79.9. The number of para-hydroxylation sites is 1. The van der Waals surface area contributed by atoms with E-state index in [2.05, 4.69) is 26.6 Å². The van der Waals surface area contributed by atoms with Crippen LogP contribution in [-0.4, -0.2) is 25.7 Å². The van der Waals surface area contributed by atoms with E-state index >= 15 is 0 Å². The Hall–Kier alpha value is -1.72. The largest absolute Gasteiger partial charge is 0.491 e. The molecule has 4 nitrogen and oxygen atoms in total. The van der Waals surface area contributed by atoms with Crippen molar-refractivity contribution in [1.82, 2.24) is 10.6 Å². The molecule has 0 fully saturated rings. The van der Waals surface area contributed by atoms with E-state index in [0.717, 1.165) is 22.2 Å². The third-order valence-corrected chi connectivity index (χ3v) is 3.96. The molecule has 0 aromatic heterocycles. The topological polar surface area (TPSA) is 50.4 Å². The van der Waals surface area contributed by atoms with E-state index < -0.39 is 0 Å². The van der Waals surface area contributed by atoms with Gasteiger partial charge in [-0.3, -0.25) is 0 Å². The van der Waals surface area contributed by atoms with Crippen molar-refractivity contribution in [1.29, 1.82) is 0 Å². The molecule has 2 rings (SSSR count). The number of hydrogen-bond acceptors (Lipinski definition) is 2. The number of nitrogens with one attached hydrogen (secondary N) is 2. The summed E-state index contributed by atoms with van der Waals surface area (Å²) in [5.41, 5.74) is 1.09. The average Bonchev–Trinajstić information content (AvgIpc) is 2.53. The lowest BCUT2D eigenvalue weighted by Crippen LogP contribution is -2.38. The summed E-state index contributed by atoms with van der Waals surface area (Å²) in [6, 6.07) is 15.0. The van der Waals surface area contributed by atoms with Crippen LogP contribution in [0.3, 0.4) is 0 Å². The predicted molar refractivity (Wildman–Crippen MR) is 96.2 cm³/mol. The van der Waals surface area contributed by atoms with Crippen LogP contribution in [0.5, 0.6) is 5.75 Å². The minimum absolute atomic E-state index is 0.206. The van der Waals surface area contributed by atoms with Crippen molar-refractivity contribution in [2.24, 2.45) is 0 Å². The molecule has 0 aliphatic carbocycles. The number of rotatable bonds is 7. The highest BCUT2D eigenvalue weighted by Gasteiger charge is 2.02. The van der Waals surface area contributed by atoms with Crippen molar-refractivity contribution < 1.29 is 9.53 Å². The SMILES string of the molecule is O=C(NCCOc1ccccc1Br)NCCc1cccc(Cl)c1. The minimum Gasteiger partial charge on any atom is -0.491 e. The van der Waals surface area contributed by atoms with Gasteiger partial charge in [-0.05, 0) is 52.2 Å². The number of amides is 2. The molecule has 2 amide bonds. The molecule has 0 heterocycles. The fourth-order valence-electron chi connectivity index (χ4n) is 1.96. The normalized spacial score (nSPS) is 10.2. The van der Waals surface area contributed by atoms with Gasteiger partial charge >= 0.3 is 6.03 Å². The molecule has 0 aliphatic rings. The summed E-state index contributed by atoms with van der Waals surface area (Å²) in [5.74, 6) is 0.760. The number of hydrogen-bond donors (Lipinski definition) is 2. The summed E-state index contributed by atoms with van der Waals surface area (Å²) in [7, 11) is 0. The summed E-state index contributed by atoms with van der Waals surface area (Å²) in [6.45, 7) is 1.39. The molecule has 122 valence electrons. The van der Waals surface area contributed by atoms with Gasteiger partial charge in [0.05, 0.1) is 11.0 Å². The fraction of sp³-hybridized carbons (Fsp3) is 0.235. The van der Waals surface area contributed by atoms with E-state index in [1.165, 1.54) is 0 Å². The molecule has 6 heteroatoms. The highest BCUT2D eigenvalue weighted by molar-refractivity contribution is 9.10. The molecule has 2 aromatic carbocycles. The second-order valence-corrected chi connectivity index (χ2v) is 6.13. The summed E-state index contributed by atoms with van der Waals surface area (Å²) in [5, 5.41) is 6.26. The van der Waals surface area contributed by atoms with E-state index in [-0.39, 0.29) is 6.03 Å². The monoisotopic (exact) mass is 396 g/mol. The molecule has 0 bridgehead atoms. The van der Waals surface area contributed by atoms with Crippen LogP contribution in [0.15, 0.2) is 53.0 Å². The standard InChI is InChI=1S/C17H18BrClN2O2/c18-15-6-1-2-7-16(15)23-11-10-21-17(22)20-9-8-13-4-3-5-14(19)12-13/h1-7,12H,8-11H2,(H2,20,21,22). The quantitative estimate of drug-likeness (QED) is 0.693. The number of halogens is 2. The second kappa shape index (κ2) is 9.43. The molecule has 0 unspecified atom stereocenters. The van der Waals surface area contributed by atoms with Crippen LogP contribution in [0.25, 0.3) is 0 Å². The van der Waals surface area contributed by atoms with Gasteiger partial charge in [0.15, 0.2) is 0 Å². The molecule has 0 radical (unpaired) electrons. The maximum Gasteiger partial charge on any atom is 0.314 e. The van der Waals surface area contributed by atoms with Crippen molar-refractivity contribution in [3.63, 3.8) is 0 Å². The van der Waals surface area contributed by atoms with Crippen LogP contribution in [0.4, 0.5) is 4.79 Å². The van der Waals surface area contributed by atoms with Crippen molar-refractivity contribution in [3.05, 3.63) is 63.6 Å². The van der Waals surface area contributed by atoms with Crippen LogP contribution < -0.4 is 15.4 Å². The molecule has 0 saturated carbocycles. The van der Waals surface area contributed by atoms with Gasteiger partial charge in [-0.2, -0.15) is 0 Å². The maximum absolute atomic E-state index is 11.7. The lowest BCUT2D eigenvalue weighted by molar-refractivity contribution is 0.236. The summed E-state index contributed by atoms with van der Waals surface area (Å²) < 4.78 is 6.46. The maximum atomic E-state index is 11.7. The number of carbonyl (C=O) groups excluding carboxylic acids is 1. The van der Waals surface area contributed by atoms with Crippen molar-refractivity contribution in [2.45, 2.75) is 6.42 Å². The molecule has 2 N–H and O–H groups in total. The Morgan fingerprint density at radius 3 is 2.65 bits per heavy atom. The van der Waals surface area contributed by atoms with Crippen LogP contribution in [0.2, 0.25) is 5.02 Å². The average molecular weight is 398 g/mol. The number of benzene rings is 2. The fourth-order valence-corrected chi connectivity index (χ4v) is 2.57. The molecular formula is C17H18BrClN2O2. The van der Waals surface area contributed by atoms with Crippen LogP contribution in [0, 0.1) is 0 Å². The molecule has 2 aromatic rings. The first kappa shape index (κ1) is 17.6. The van der Waals surface area contributed by atoms with Crippen LogP contribution in [0.1, 0.15) is 5.56 Å². The van der Waals surface area contributed by atoms with Gasteiger partial charge in [0.2, 0.25) is 0 Å². The van der Waals surface area contributed by atoms with Gasteiger partial charge in [0.25, 0.3) is 0 Å². The summed E-state index contributed by atoms with van der Waals surface area (Å²) in [4.78, 5) is 11.7. The Labute approximate surface area is 149 Å². The van der Waals surface area contributed by atoms with Crippen LogP contribution >= 0.6 is 27.5 Å². The Bertz CT molecular complexity index is 652. The first-order valence-corrected chi connectivity index (χ1v) is 8.46. The number of carbonyl (C=O) groups is 1. The third-order valence-electron chi connectivity index (χ3n) is 3.07. The van der Waals surface area contributed by atoms with Gasteiger partial charge in [-0.1, -0.05) is 35.9 Å². The van der Waals surface area contributed by atoms with Crippen LogP contribution in [-0.2, 0) is 6.42 Å². The third kappa shape index (κ3) is 6.50. The molecule has 0 atom stereocenters. The highest BCUT2D eigenvalue weighted by Crippen LogP contribution is 2.23. The minimum atomic E-state index is -0.206. The van der Waals surface area contributed by atoms with Gasteiger partial charge in [0.1, 0.15) is 12.4 Å². The van der Waals surface area contributed by atoms with E-state index in [1.54, 1.807) is 0 Å². The van der Waals surface area contributed by atoms with E-state index in [4.69, 9.17) is 16.3 Å². The van der Waals surface area contributed by atoms with Gasteiger partial charge in [-0.15, -0.1) is 0 Å². The number of urea groups is 1. The zero-order valence-electron chi connectivity index (χ0n) is 12.5. The molecular weight excluding hydrogens is 380 g/mol. The smallest absolute Gasteiger partial charge is 0.314 e. The van der Waals surface area contributed by atoms with Crippen molar-refractivity contribution >= 4 is 33.6 Å². The van der Waals surface area contributed by atoms with Crippen molar-refractivity contribution in [2.75, 3.05) is 19.7 Å². The molecule has 0 spiro atoms. The second-order valence-electron chi connectivity index (χ2n) is 4.84. The Kier molecular flexibility index (Phi) is 7.23. The van der Waals surface area contributed by atoms with E-state index in [9.17, 15) is 4.79 Å². The molecule has 0 aliphatic heterocycles. The van der Waals surface area contributed by atoms with Crippen molar-refractivity contribution in [3.8, 4) is 5.75 Å². The number of ether oxygens (including phenoxy) is 1. The zero-order valence-corrected chi connectivity index (χ0v) is 14.9. The lowest BCUT2D eigenvalue weighted by Gasteiger charge is -2.10. The summed E-state index contributed by atoms with van der Waals surface area (Å²) in [6.07, 6.45) is 0.738. The predicted octanol–water partition coefficient (Wildman–Crippen LogP) is 4.02. The Morgan fingerprint density at radius 1 is 1.09 bits per heavy atom. The molecule has 0 saturated heterocycles. The van der Waals surface area contributed by atoms with E-state index in [0.29, 0.717) is 24.7 Å². The Morgan fingerprint density at radius 2 is 1.87 bits per heavy atom.